The van der Waals surface area contributed by atoms with E-state index < -0.39 is 17.5 Å². The first-order valence-corrected chi connectivity index (χ1v) is 10.1. The molecule has 2 rings (SSSR count). The van der Waals surface area contributed by atoms with Crippen LogP contribution >= 0.6 is 0 Å². The fraction of sp³-hybridized carbons (Fsp3) is 0.478. The van der Waals surface area contributed by atoms with Crippen LogP contribution in [0.1, 0.15) is 58.6 Å². The molecule has 0 aromatic heterocycles. The van der Waals surface area contributed by atoms with Crippen molar-refractivity contribution in [2.24, 2.45) is 23.3 Å². The van der Waals surface area contributed by atoms with E-state index in [0.717, 1.165) is 11.1 Å². The molecule has 2 amide bonds. The van der Waals surface area contributed by atoms with Gasteiger partial charge in [0.1, 0.15) is 0 Å². The number of amides is 2. The average Bonchev–Trinajstić information content (AvgIpc) is 2.59. The Morgan fingerprint density at radius 1 is 1.07 bits per heavy atom. The van der Waals surface area contributed by atoms with Crippen molar-refractivity contribution in [2.75, 3.05) is 0 Å². The number of carboxylic acid groups (broad SMARTS) is 1. The lowest BCUT2D eigenvalue weighted by Crippen LogP contribution is -2.55. The van der Waals surface area contributed by atoms with E-state index >= 15 is 0 Å². The van der Waals surface area contributed by atoms with Crippen LogP contribution in [0.2, 0.25) is 0 Å². The first kappa shape index (κ1) is 22.7. The first-order valence-electron chi connectivity index (χ1n) is 10.1. The summed E-state index contributed by atoms with van der Waals surface area (Å²) in [4.78, 5) is 26.2. The fourth-order valence-corrected chi connectivity index (χ4v) is 4.55. The fourth-order valence-electron chi connectivity index (χ4n) is 4.55. The number of primary amides is 1. The van der Waals surface area contributed by atoms with E-state index in [1.54, 1.807) is 6.92 Å². The SMILES string of the molecule is CC1=C(C(=O)O)C(c2ccc(CN)cc2)=CC(CC(C)C)(CC(C)C)N1C(N)=O. The van der Waals surface area contributed by atoms with E-state index in [1.807, 2.05) is 30.3 Å². The van der Waals surface area contributed by atoms with Gasteiger partial charge in [-0.3, -0.25) is 4.90 Å². The molecule has 0 unspecified atom stereocenters. The van der Waals surface area contributed by atoms with Crippen LogP contribution in [0.15, 0.2) is 41.6 Å². The number of carbonyl (C=O) groups is 2. The molecule has 6 nitrogen and oxygen atoms in total. The zero-order valence-corrected chi connectivity index (χ0v) is 18.0. The lowest BCUT2D eigenvalue weighted by molar-refractivity contribution is -0.132. The van der Waals surface area contributed by atoms with E-state index in [0.29, 0.717) is 30.7 Å². The summed E-state index contributed by atoms with van der Waals surface area (Å²) >= 11 is 0. The van der Waals surface area contributed by atoms with Gasteiger partial charge < -0.3 is 16.6 Å². The van der Waals surface area contributed by atoms with Gasteiger partial charge in [0.25, 0.3) is 0 Å². The number of benzene rings is 1. The van der Waals surface area contributed by atoms with Gasteiger partial charge in [-0.2, -0.15) is 0 Å². The number of allylic oxidation sites excluding steroid dienone is 1. The molecule has 1 aliphatic rings. The zero-order chi connectivity index (χ0) is 21.9. The third-order valence-electron chi connectivity index (χ3n) is 5.28. The molecule has 158 valence electrons. The summed E-state index contributed by atoms with van der Waals surface area (Å²) in [6, 6.07) is 6.95. The second-order valence-electron chi connectivity index (χ2n) is 8.70. The molecule has 0 fully saturated rings. The van der Waals surface area contributed by atoms with Crippen LogP contribution in [-0.4, -0.2) is 27.5 Å². The largest absolute Gasteiger partial charge is 0.478 e. The Bertz CT molecular complexity index is 825. The molecule has 1 aromatic carbocycles. The highest BCUT2D eigenvalue weighted by atomic mass is 16.4. The molecule has 0 bridgehead atoms. The van der Waals surface area contributed by atoms with E-state index in [4.69, 9.17) is 11.5 Å². The van der Waals surface area contributed by atoms with Gasteiger partial charge in [0.05, 0.1) is 11.1 Å². The molecule has 1 heterocycles. The van der Waals surface area contributed by atoms with Gasteiger partial charge in [-0.25, -0.2) is 9.59 Å². The van der Waals surface area contributed by atoms with Crippen LogP contribution in [0.5, 0.6) is 0 Å². The summed E-state index contributed by atoms with van der Waals surface area (Å²) in [7, 11) is 0. The average molecular weight is 400 g/mol. The molecule has 0 saturated heterocycles. The smallest absolute Gasteiger partial charge is 0.338 e. The Labute approximate surface area is 173 Å². The Balaban J connectivity index is 2.80. The second kappa shape index (κ2) is 8.82. The lowest BCUT2D eigenvalue weighted by Gasteiger charge is -2.47. The number of nitrogens with zero attached hydrogens (tertiary/aromatic N) is 1. The Kier molecular flexibility index (Phi) is 6.90. The molecule has 0 aliphatic carbocycles. The van der Waals surface area contributed by atoms with Crippen molar-refractivity contribution in [2.45, 2.75) is 59.5 Å². The summed E-state index contributed by atoms with van der Waals surface area (Å²) < 4.78 is 0. The number of hydrogen-bond donors (Lipinski definition) is 3. The monoisotopic (exact) mass is 399 g/mol. The molecule has 0 saturated carbocycles. The van der Waals surface area contributed by atoms with Gasteiger partial charge in [0, 0.05) is 12.2 Å². The summed E-state index contributed by atoms with van der Waals surface area (Å²) in [5.41, 5.74) is 13.7. The summed E-state index contributed by atoms with van der Waals surface area (Å²) in [5.74, 6) is -0.510. The third kappa shape index (κ3) is 4.70. The van der Waals surface area contributed by atoms with Gasteiger partial charge in [0.2, 0.25) is 0 Å². The minimum atomic E-state index is -1.08. The van der Waals surface area contributed by atoms with Gasteiger partial charge in [-0.1, -0.05) is 52.0 Å². The highest BCUT2D eigenvalue weighted by Crippen LogP contribution is 2.44. The van der Waals surface area contributed by atoms with Gasteiger partial charge >= 0.3 is 12.0 Å². The highest BCUT2D eigenvalue weighted by molar-refractivity contribution is 6.07. The molecule has 0 radical (unpaired) electrons. The lowest BCUT2D eigenvalue weighted by atomic mass is 9.74. The van der Waals surface area contributed by atoms with Crippen molar-refractivity contribution in [3.8, 4) is 0 Å². The van der Waals surface area contributed by atoms with Crippen LogP contribution in [0.4, 0.5) is 4.79 Å². The molecular formula is C23H33N3O3. The van der Waals surface area contributed by atoms with Crippen molar-refractivity contribution in [3.05, 3.63) is 52.7 Å². The van der Waals surface area contributed by atoms with E-state index in [-0.39, 0.29) is 17.4 Å². The van der Waals surface area contributed by atoms with Crippen molar-refractivity contribution in [1.29, 1.82) is 0 Å². The molecule has 0 spiro atoms. The summed E-state index contributed by atoms with van der Waals surface area (Å²) in [6.45, 7) is 10.5. The standard InChI is InChI=1S/C23H33N3O3/c1-14(2)10-23(11-15(3)4)12-19(18-8-6-17(13-24)7-9-18)20(21(27)28)16(5)26(23)22(25)29/h6-9,12,14-15H,10-11,13,24H2,1-5H3,(H2,25,29)(H,27,28). The van der Waals surface area contributed by atoms with Crippen LogP contribution in [0.25, 0.3) is 5.57 Å². The molecule has 1 aromatic rings. The number of carbonyl (C=O) groups excluding carboxylic acids is 1. The number of aliphatic carboxylic acids is 1. The molecule has 6 heteroatoms. The van der Waals surface area contributed by atoms with E-state index in [1.165, 1.54) is 4.90 Å². The topological polar surface area (TPSA) is 110 Å². The number of urea groups is 1. The van der Waals surface area contributed by atoms with Crippen LogP contribution in [-0.2, 0) is 11.3 Å². The number of carboxylic acids is 1. The first-order chi connectivity index (χ1) is 13.5. The van der Waals surface area contributed by atoms with Crippen LogP contribution in [0.3, 0.4) is 0 Å². The Hall–Kier alpha value is -2.60. The maximum Gasteiger partial charge on any atom is 0.338 e. The highest BCUT2D eigenvalue weighted by Gasteiger charge is 2.44. The molecular weight excluding hydrogens is 366 g/mol. The Morgan fingerprint density at radius 3 is 1.97 bits per heavy atom. The van der Waals surface area contributed by atoms with Gasteiger partial charge in [0.15, 0.2) is 0 Å². The minimum Gasteiger partial charge on any atom is -0.478 e. The van der Waals surface area contributed by atoms with Crippen molar-refractivity contribution in [3.63, 3.8) is 0 Å². The second-order valence-corrected chi connectivity index (χ2v) is 8.70. The zero-order valence-electron chi connectivity index (χ0n) is 18.0. The van der Waals surface area contributed by atoms with Crippen LogP contribution in [0, 0.1) is 11.8 Å². The maximum atomic E-state index is 12.5. The normalized spacial score (nSPS) is 16.4. The molecule has 29 heavy (non-hydrogen) atoms. The molecule has 5 N–H and O–H groups in total. The van der Waals surface area contributed by atoms with Crippen molar-refractivity contribution < 1.29 is 14.7 Å². The summed E-state index contributed by atoms with van der Waals surface area (Å²) in [6.07, 6.45) is 3.32. The van der Waals surface area contributed by atoms with E-state index in [9.17, 15) is 14.7 Å². The van der Waals surface area contributed by atoms with Gasteiger partial charge in [-0.15, -0.1) is 0 Å². The molecule has 1 aliphatic heterocycles. The third-order valence-corrected chi connectivity index (χ3v) is 5.28. The van der Waals surface area contributed by atoms with Crippen molar-refractivity contribution in [1.82, 2.24) is 4.90 Å². The number of nitrogens with two attached hydrogens (primary N) is 2. The maximum absolute atomic E-state index is 12.5. The van der Waals surface area contributed by atoms with E-state index in [2.05, 4.69) is 27.7 Å². The number of hydrogen-bond acceptors (Lipinski definition) is 3. The van der Waals surface area contributed by atoms with Crippen molar-refractivity contribution >= 4 is 17.6 Å². The molecule has 0 atom stereocenters. The number of rotatable bonds is 7. The van der Waals surface area contributed by atoms with Gasteiger partial charge in [-0.05, 0) is 54.4 Å². The minimum absolute atomic E-state index is 0.104. The Morgan fingerprint density at radius 2 is 1.59 bits per heavy atom. The quantitative estimate of drug-likeness (QED) is 0.641. The van der Waals surface area contributed by atoms with Crippen LogP contribution < -0.4 is 11.5 Å². The predicted octanol–water partition coefficient (Wildman–Crippen LogP) is 4.11. The predicted molar refractivity (Wildman–Crippen MR) is 116 cm³/mol. The summed E-state index contributed by atoms with van der Waals surface area (Å²) in [5, 5.41) is 9.98.